The Kier molecular flexibility index (Phi) is 45.6. The van der Waals surface area contributed by atoms with Gasteiger partial charge in [0, 0.05) is 46.4 Å². The zero-order valence-corrected chi connectivity index (χ0v) is 87.0. The van der Waals surface area contributed by atoms with Crippen LogP contribution < -0.4 is 60.3 Å². The number of halogens is 4. The number of anilines is 6. The van der Waals surface area contributed by atoms with E-state index in [9.17, 15) is 33.2 Å². The molecule has 6 N–H and O–H groups in total. The van der Waals surface area contributed by atoms with Crippen LogP contribution in [0.3, 0.4) is 0 Å². The average molecular weight is 2080 g/mol. The molecule has 0 spiro atoms. The van der Waals surface area contributed by atoms with Crippen LogP contribution in [0.15, 0.2) is 193 Å². The van der Waals surface area contributed by atoms with Crippen molar-refractivity contribution in [1.82, 2.24) is 0 Å². The first-order valence-electron chi connectivity index (χ1n) is 43.7. The minimum absolute atomic E-state index is 0. The minimum Gasteiger partial charge on any atom is -0.489 e. The van der Waals surface area contributed by atoms with Gasteiger partial charge in [-0.2, -0.15) is 0 Å². The Labute approximate surface area is 838 Å². The van der Waals surface area contributed by atoms with E-state index in [0.717, 1.165) is 109 Å². The molecule has 0 heterocycles. The second kappa shape index (κ2) is 55.6. The summed E-state index contributed by atoms with van der Waals surface area (Å²) in [5, 5.41) is 16.5. The molecular formula is C110H128BrClFIN6O18. The molecule has 0 saturated heterocycles. The zero-order chi connectivity index (χ0) is 101. The number of aryl methyl sites for hydroxylation is 19. The van der Waals surface area contributed by atoms with E-state index in [0.29, 0.717) is 76.9 Å². The summed E-state index contributed by atoms with van der Waals surface area (Å²) in [5.41, 5.74) is 30.2. The SMILES string of the molecule is C.COC(=O)Nc1cccc(Br)c1COc1cc(C)c(C)cc1C.COC(=O)Nc1cccc(C)c1COc1cc(C)c(C)cc1C.COC(=O)Nc1cccc(Cl)c1COc1cc(C)c(C)cc1C.COC(=O)Nc1cccc(F)c1COc1cc(C)c(C)cc1C.COC(=O)Nc1cccc(I)c1COc1cc(C)c(C)cc1C.COC(=O)Nc1ccccc1COc1cc(C)c(C)cc1C. The number of nitrogens with one attached hydrogen (secondary N) is 6. The molecule has 24 nitrogen and oxygen atoms in total. The molecule has 6 amide bonds. The molecule has 28 heteroatoms. The van der Waals surface area contributed by atoms with Crippen LogP contribution in [0.5, 0.6) is 34.5 Å². The lowest BCUT2D eigenvalue weighted by atomic mass is 10.1. The van der Waals surface area contributed by atoms with Gasteiger partial charge in [-0.1, -0.05) is 126 Å². The highest BCUT2D eigenvalue weighted by Gasteiger charge is 2.21. The Hall–Kier alpha value is -13.5. The molecular weight excluding hydrogens is 1950 g/mol. The summed E-state index contributed by atoms with van der Waals surface area (Å²) in [6.45, 7) is 40.5. The maximum Gasteiger partial charge on any atom is 0.411 e. The predicted molar refractivity (Wildman–Crippen MR) is 562 cm³/mol. The van der Waals surface area contributed by atoms with Crippen LogP contribution >= 0.6 is 50.1 Å². The highest BCUT2D eigenvalue weighted by Crippen LogP contribution is 2.36. The summed E-state index contributed by atoms with van der Waals surface area (Å²) >= 11 is 12.0. The summed E-state index contributed by atoms with van der Waals surface area (Å²) in [5.74, 6) is 4.47. The van der Waals surface area contributed by atoms with Gasteiger partial charge in [-0.25, -0.2) is 33.2 Å². The van der Waals surface area contributed by atoms with Crippen LogP contribution in [0.25, 0.3) is 0 Å². The van der Waals surface area contributed by atoms with Crippen molar-refractivity contribution < 1.29 is 90.0 Å². The van der Waals surface area contributed by atoms with Crippen LogP contribution in [0.4, 0.5) is 67.3 Å². The van der Waals surface area contributed by atoms with Crippen LogP contribution in [-0.4, -0.2) is 79.2 Å². The number of para-hydroxylation sites is 1. The Balaban J connectivity index is 0.000000254. The molecule has 734 valence electrons. The van der Waals surface area contributed by atoms with E-state index in [1.165, 1.54) is 110 Å². The van der Waals surface area contributed by atoms with Gasteiger partial charge in [0.15, 0.2) is 0 Å². The van der Waals surface area contributed by atoms with E-state index in [-0.39, 0.29) is 26.2 Å². The lowest BCUT2D eigenvalue weighted by Gasteiger charge is -2.16. The lowest BCUT2D eigenvalue weighted by molar-refractivity contribution is 0.186. The van der Waals surface area contributed by atoms with Crippen LogP contribution in [0.2, 0.25) is 5.02 Å². The van der Waals surface area contributed by atoms with Gasteiger partial charge in [0.25, 0.3) is 0 Å². The highest BCUT2D eigenvalue weighted by molar-refractivity contribution is 14.1. The van der Waals surface area contributed by atoms with Gasteiger partial charge in [0.1, 0.15) is 80.0 Å². The normalized spacial score (nSPS) is 10.2. The number of methoxy groups -OCH3 is 6. The van der Waals surface area contributed by atoms with Gasteiger partial charge in [-0.15, -0.1) is 0 Å². The van der Waals surface area contributed by atoms with Crippen LogP contribution in [0, 0.1) is 141 Å². The molecule has 0 aliphatic rings. The molecule has 0 aliphatic heterocycles. The topological polar surface area (TPSA) is 285 Å². The molecule has 0 aromatic heterocycles. The Bertz CT molecular complexity index is 5520. The standard InChI is InChI=1S/C19H23NO3.C18H20BrNO3.C18H20ClNO3.C18H20FNO3.C18H20INO3.C18H21NO3.CH4/c1-12-7-6-8-17(20-19(21)22-5)16(12)11-23-18-10-14(3)13(2)9-15(18)4;4*1-11-8-13(3)17(9-12(11)2)23-10-14-15(19)6-5-7-16(14)20-18(21)22-4;1-12-9-14(3)17(10-13(12)2)22-11-15-7-5-6-8-16(15)19-18(20)21-4;/h6-10H,11H2,1-5H3,(H,20,21);4*5-9H,10H2,1-4H3,(H,20,21);5-10H,11H2,1-4H3,(H,19,20);1H4. The smallest absolute Gasteiger partial charge is 0.411 e. The third-order valence-corrected chi connectivity index (χ3v) is 24.5. The van der Waals surface area contributed by atoms with Crippen molar-refractivity contribution in [2.45, 2.75) is 179 Å². The number of benzene rings is 12. The quantitative estimate of drug-likeness (QED) is 0.0242. The third-order valence-electron chi connectivity index (χ3n) is 22.4. The molecule has 12 rings (SSSR count). The summed E-state index contributed by atoms with van der Waals surface area (Å²) in [4.78, 5) is 68.6. The molecule has 0 atom stereocenters. The number of carbonyl (C=O) groups excluding carboxylic acids is 6. The van der Waals surface area contributed by atoms with Gasteiger partial charge >= 0.3 is 36.6 Å². The number of hydrogen-bond donors (Lipinski definition) is 6. The van der Waals surface area contributed by atoms with E-state index in [4.69, 9.17) is 40.0 Å². The monoisotopic (exact) mass is 2080 g/mol. The third kappa shape index (κ3) is 34.3. The summed E-state index contributed by atoms with van der Waals surface area (Å²) in [7, 11) is 7.93. The van der Waals surface area contributed by atoms with Crippen molar-refractivity contribution >= 4 is 121 Å². The first kappa shape index (κ1) is 113. The molecule has 0 unspecified atom stereocenters. The zero-order valence-electron chi connectivity index (χ0n) is 82.5. The largest absolute Gasteiger partial charge is 0.489 e. The molecule has 12 aromatic rings. The van der Waals surface area contributed by atoms with Crippen molar-refractivity contribution in [3.8, 4) is 34.5 Å². The summed E-state index contributed by atoms with van der Waals surface area (Å²) in [6, 6.07) is 58.9. The fourth-order valence-corrected chi connectivity index (χ4v) is 14.8. The molecule has 0 saturated carbocycles. The maximum absolute atomic E-state index is 14.1. The number of carbonyl (C=O) groups is 6. The van der Waals surface area contributed by atoms with Gasteiger partial charge in [0.05, 0.1) is 76.8 Å². The Morgan fingerprint density at radius 3 is 0.862 bits per heavy atom. The molecule has 0 radical (unpaired) electrons. The van der Waals surface area contributed by atoms with Crippen molar-refractivity contribution in [2.24, 2.45) is 0 Å². The van der Waals surface area contributed by atoms with Gasteiger partial charge in [-0.05, 0) is 357 Å². The van der Waals surface area contributed by atoms with E-state index >= 15 is 0 Å². The van der Waals surface area contributed by atoms with Crippen LogP contribution in [-0.2, 0) is 68.1 Å². The van der Waals surface area contributed by atoms with Gasteiger partial charge in [-0.3, -0.25) is 31.9 Å². The second-order valence-electron chi connectivity index (χ2n) is 32.5. The summed E-state index contributed by atoms with van der Waals surface area (Å²) < 4.78 is 79.3. The number of amides is 6. The first-order chi connectivity index (χ1) is 65.1. The van der Waals surface area contributed by atoms with Crippen molar-refractivity contribution in [3.63, 3.8) is 0 Å². The highest BCUT2D eigenvalue weighted by atomic mass is 127. The van der Waals surface area contributed by atoms with Gasteiger partial charge in [0.2, 0.25) is 0 Å². The molecule has 0 fully saturated rings. The lowest BCUT2D eigenvalue weighted by Crippen LogP contribution is -2.14. The fraction of sp³-hybridized carbons (Fsp3) is 0.291. The Morgan fingerprint density at radius 2 is 0.507 bits per heavy atom. The predicted octanol–water partition coefficient (Wildman–Crippen LogP) is 29.3. The summed E-state index contributed by atoms with van der Waals surface area (Å²) in [6.07, 6.45) is -3.17. The maximum atomic E-state index is 14.1. The van der Waals surface area contributed by atoms with Crippen molar-refractivity contribution in [1.29, 1.82) is 0 Å². The average Bonchev–Trinajstić information content (AvgIpc) is 0.825. The molecule has 12 aromatic carbocycles. The molecule has 0 aliphatic carbocycles. The van der Waals surface area contributed by atoms with Gasteiger partial charge < -0.3 is 56.8 Å². The Morgan fingerprint density at radius 1 is 0.268 bits per heavy atom. The van der Waals surface area contributed by atoms with E-state index in [1.54, 1.807) is 24.3 Å². The van der Waals surface area contributed by atoms with E-state index < -0.39 is 42.4 Å². The van der Waals surface area contributed by atoms with E-state index in [2.05, 4.69) is 198 Å². The molecule has 0 bridgehead atoms. The van der Waals surface area contributed by atoms with E-state index in [1.807, 2.05) is 184 Å². The fourth-order valence-electron chi connectivity index (χ4n) is 13.5. The van der Waals surface area contributed by atoms with Crippen LogP contribution in [0.1, 0.15) is 147 Å². The second-order valence-corrected chi connectivity index (χ2v) is 34.9. The first-order valence-corrected chi connectivity index (χ1v) is 46.0. The van der Waals surface area contributed by atoms with Crippen molar-refractivity contribution in [2.75, 3.05) is 74.6 Å². The number of hydrogen-bond acceptors (Lipinski definition) is 18. The van der Waals surface area contributed by atoms with Crippen molar-refractivity contribution in [3.05, 3.63) is 346 Å². The molecule has 138 heavy (non-hydrogen) atoms. The number of rotatable bonds is 24. The minimum atomic E-state index is -0.654. The number of ether oxygens (including phenoxy) is 12.